The number of hydrogen-bond acceptors (Lipinski definition) is 4. The van der Waals surface area contributed by atoms with E-state index in [1.807, 2.05) is 63.2 Å². The van der Waals surface area contributed by atoms with Gasteiger partial charge >= 0.3 is 5.97 Å². The van der Waals surface area contributed by atoms with E-state index in [9.17, 15) is 14.9 Å². The quantitative estimate of drug-likeness (QED) is 0.359. The molecule has 2 aromatic carbocycles. The van der Waals surface area contributed by atoms with Crippen LogP contribution in [0, 0.1) is 10.1 Å². The first-order valence-electron chi connectivity index (χ1n) is 9.24. The number of nitrogens with zero attached hydrogens (tertiary/aromatic N) is 2. The van der Waals surface area contributed by atoms with Crippen LogP contribution in [0.25, 0.3) is 10.9 Å². The summed E-state index contributed by atoms with van der Waals surface area (Å²) in [5, 5.41) is 11.9. The second-order valence-electron chi connectivity index (χ2n) is 7.79. The zero-order valence-corrected chi connectivity index (χ0v) is 16.3. The Balaban J connectivity index is 1.84. The number of para-hydroxylation sites is 1. The van der Waals surface area contributed by atoms with Crippen molar-refractivity contribution in [2.75, 3.05) is 6.54 Å². The first-order valence-corrected chi connectivity index (χ1v) is 9.24. The Labute approximate surface area is 163 Å². The highest BCUT2D eigenvalue weighted by Crippen LogP contribution is 2.22. The molecular formula is C22H24N2O4. The summed E-state index contributed by atoms with van der Waals surface area (Å²) in [5.41, 5.74) is 2.94. The molecule has 3 rings (SSSR count). The van der Waals surface area contributed by atoms with E-state index in [1.165, 1.54) is 0 Å². The van der Waals surface area contributed by atoms with Gasteiger partial charge in [-0.1, -0.05) is 30.3 Å². The largest absolute Gasteiger partial charge is 0.456 e. The lowest BCUT2D eigenvalue weighted by atomic mass is 10.1. The van der Waals surface area contributed by atoms with Gasteiger partial charge in [-0.3, -0.25) is 10.1 Å². The van der Waals surface area contributed by atoms with Crippen LogP contribution in [0.5, 0.6) is 0 Å². The first-order chi connectivity index (χ1) is 13.2. The van der Waals surface area contributed by atoms with Crippen LogP contribution in [0.2, 0.25) is 0 Å². The summed E-state index contributed by atoms with van der Waals surface area (Å²) in [7, 11) is 0. The number of esters is 1. The molecule has 28 heavy (non-hydrogen) atoms. The van der Waals surface area contributed by atoms with Crippen molar-refractivity contribution in [3.05, 3.63) is 81.5 Å². The zero-order chi connectivity index (χ0) is 20.3. The van der Waals surface area contributed by atoms with Gasteiger partial charge in [-0.2, -0.15) is 0 Å². The summed E-state index contributed by atoms with van der Waals surface area (Å²) in [5.74, 6) is -0.350. The summed E-state index contributed by atoms with van der Waals surface area (Å²) in [6, 6.07) is 17.2. The van der Waals surface area contributed by atoms with Crippen molar-refractivity contribution in [3.63, 3.8) is 0 Å². The van der Waals surface area contributed by atoms with E-state index in [0.717, 1.165) is 22.2 Å². The molecule has 0 unspecified atom stereocenters. The predicted octanol–water partition coefficient (Wildman–Crippen LogP) is 4.46. The molecule has 0 saturated carbocycles. The lowest BCUT2D eigenvalue weighted by Crippen LogP contribution is -2.23. The lowest BCUT2D eigenvalue weighted by Gasteiger charge is -2.19. The molecule has 0 amide bonds. The van der Waals surface area contributed by atoms with Crippen molar-refractivity contribution in [3.8, 4) is 0 Å². The number of carbonyl (C=O) groups excluding carboxylic acids is 1. The van der Waals surface area contributed by atoms with Gasteiger partial charge in [-0.15, -0.1) is 0 Å². The van der Waals surface area contributed by atoms with Gasteiger partial charge in [-0.25, -0.2) is 4.79 Å². The third-order valence-corrected chi connectivity index (χ3v) is 4.38. The van der Waals surface area contributed by atoms with Crippen molar-refractivity contribution < 1.29 is 14.5 Å². The molecule has 0 aliphatic carbocycles. The maximum absolute atomic E-state index is 12.2. The van der Waals surface area contributed by atoms with E-state index in [2.05, 4.69) is 4.57 Å². The van der Waals surface area contributed by atoms with Gasteiger partial charge in [0, 0.05) is 22.7 Å². The first kappa shape index (κ1) is 19.6. The highest BCUT2D eigenvalue weighted by molar-refractivity contribution is 5.89. The SMILES string of the molecule is CC(C)(C)OC(=O)c1ccc(Cn2c(CC[N+](=O)[O-])cc3ccccc32)cc1. The Hall–Kier alpha value is -3.15. The van der Waals surface area contributed by atoms with Crippen LogP contribution in [0.3, 0.4) is 0 Å². The van der Waals surface area contributed by atoms with Gasteiger partial charge in [0.1, 0.15) is 5.60 Å². The molecule has 0 aliphatic rings. The average Bonchev–Trinajstić information content (AvgIpc) is 2.97. The smallest absolute Gasteiger partial charge is 0.338 e. The van der Waals surface area contributed by atoms with Gasteiger partial charge in [0.15, 0.2) is 0 Å². The monoisotopic (exact) mass is 380 g/mol. The van der Waals surface area contributed by atoms with E-state index in [4.69, 9.17) is 4.74 Å². The normalized spacial score (nSPS) is 11.5. The van der Waals surface area contributed by atoms with Gasteiger partial charge in [0.05, 0.1) is 12.0 Å². The maximum atomic E-state index is 12.2. The van der Waals surface area contributed by atoms with E-state index in [-0.39, 0.29) is 17.4 Å². The van der Waals surface area contributed by atoms with Gasteiger partial charge in [0.25, 0.3) is 0 Å². The second kappa shape index (κ2) is 7.84. The summed E-state index contributed by atoms with van der Waals surface area (Å²) in [4.78, 5) is 22.7. The average molecular weight is 380 g/mol. The number of rotatable bonds is 6. The Morgan fingerprint density at radius 2 is 1.79 bits per heavy atom. The minimum atomic E-state index is -0.536. The highest BCUT2D eigenvalue weighted by atomic mass is 16.6. The van der Waals surface area contributed by atoms with E-state index in [0.29, 0.717) is 18.5 Å². The highest BCUT2D eigenvalue weighted by Gasteiger charge is 2.18. The molecule has 1 heterocycles. The minimum absolute atomic E-state index is 0.103. The summed E-state index contributed by atoms with van der Waals surface area (Å²) < 4.78 is 7.49. The fraction of sp³-hybridized carbons (Fsp3) is 0.318. The van der Waals surface area contributed by atoms with Crippen LogP contribution in [-0.4, -0.2) is 27.6 Å². The van der Waals surface area contributed by atoms with Crippen molar-refractivity contribution in [2.45, 2.75) is 39.3 Å². The summed E-state index contributed by atoms with van der Waals surface area (Å²) >= 11 is 0. The molecule has 0 aliphatic heterocycles. The molecule has 0 atom stereocenters. The minimum Gasteiger partial charge on any atom is -0.456 e. The van der Waals surface area contributed by atoms with E-state index >= 15 is 0 Å². The van der Waals surface area contributed by atoms with Crippen LogP contribution in [0.1, 0.15) is 42.4 Å². The molecular weight excluding hydrogens is 356 g/mol. The Morgan fingerprint density at radius 1 is 1.11 bits per heavy atom. The van der Waals surface area contributed by atoms with Crippen LogP contribution >= 0.6 is 0 Å². The number of hydrogen-bond donors (Lipinski definition) is 0. The molecule has 0 spiro atoms. The zero-order valence-electron chi connectivity index (χ0n) is 16.3. The number of aromatic nitrogens is 1. The van der Waals surface area contributed by atoms with Crippen molar-refractivity contribution in [1.82, 2.24) is 4.57 Å². The Kier molecular flexibility index (Phi) is 5.49. The van der Waals surface area contributed by atoms with Gasteiger partial charge in [0.2, 0.25) is 6.54 Å². The topological polar surface area (TPSA) is 74.4 Å². The maximum Gasteiger partial charge on any atom is 0.338 e. The summed E-state index contributed by atoms with van der Waals surface area (Å²) in [6.07, 6.45) is 0.373. The fourth-order valence-corrected chi connectivity index (χ4v) is 3.13. The molecule has 1 aromatic heterocycles. The Morgan fingerprint density at radius 3 is 2.43 bits per heavy atom. The molecule has 0 fully saturated rings. The van der Waals surface area contributed by atoms with Crippen LogP contribution in [0.4, 0.5) is 0 Å². The molecule has 3 aromatic rings. The predicted molar refractivity (Wildman–Crippen MR) is 108 cm³/mol. The van der Waals surface area contributed by atoms with Crippen LogP contribution in [-0.2, 0) is 17.7 Å². The molecule has 146 valence electrons. The Bertz CT molecular complexity index is 998. The number of benzene rings is 2. The molecule has 0 N–H and O–H groups in total. The van der Waals surface area contributed by atoms with Crippen LogP contribution in [0.15, 0.2) is 54.6 Å². The summed E-state index contributed by atoms with van der Waals surface area (Å²) in [6.45, 7) is 5.98. The molecule has 0 radical (unpaired) electrons. The lowest BCUT2D eigenvalue weighted by molar-refractivity contribution is -0.479. The van der Waals surface area contributed by atoms with Crippen molar-refractivity contribution in [2.24, 2.45) is 0 Å². The van der Waals surface area contributed by atoms with Gasteiger partial charge in [-0.05, 0) is 56.0 Å². The molecule has 6 nitrogen and oxygen atoms in total. The molecule has 0 saturated heterocycles. The number of nitro groups is 1. The van der Waals surface area contributed by atoms with Crippen molar-refractivity contribution >= 4 is 16.9 Å². The van der Waals surface area contributed by atoms with E-state index < -0.39 is 5.60 Å². The number of ether oxygens (including phenoxy) is 1. The fourth-order valence-electron chi connectivity index (χ4n) is 3.13. The second-order valence-corrected chi connectivity index (χ2v) is 7.79. The molecule has 0 bridgehead atoms. The van der Waals surface area contributed by atoms with Crippen LogP contribution < -0.4 is 0 Å². The number of carbonyl (C=O) groups is 1. The third kappa shape index (κ3) is 4.76. The van der Waals surface area contributed by atoms with Crippen molar-refractivity contribution in [1.29, 1.82) is 0 Å². The van der Waals surface area contributed by atoms with Gasteiger partial charge < -0.3 is 9.30 Å². The molecule has 6 heteroatoms. The third-order valence-electron chi connectivity index (χ3n) is 4.38. The standard InChI is InChI=1S/C22H24N2O4/c1-22(2,3)28-21(25)17-10-8-16(9-11-17)15-23-19(12-13-24(26)27)14-18-6-4-5-7-20(18)23/h4-11,14H,12-13,15H2,1-3H3. The number of fused-ring (bicyclic) bond motifs is 1. The van der Waals surface area contributed by atoms with E-state index in [1.54, 1.807) is 12.1 Å².